The highest BCUT2D eigenvalue weighted by Gasteiger charge is 2.27. The average Bonchev–Trinajstić information content (AvgIpc) is 2.73. The van der Waals surface area contributed by atoms with Crippen molar-refractivity contribution in [3.8, 4) is 0 Å². The third-order valence-corrected chi connectivity index (χ3v) is 5.05. The molecular formula is C21H18N2O5. The molecule has 1 aliphatic heterocycles. The summed E-state index contributed by atoms with van der Waals surface area (Å²) in [5, 5.41) is 3.74. The second-order valence-corrected chi connectivity index (χ2v) is 6.74. The molecule has 0 saturated heterocycles. The molecule has 0 N–H and O–H groups in total. The number of nitrogens with zero attached hydrogens (tertiary/aromatic N) is 2. The van der Waals surface area contributed by atoms with E-state index >= 15 is 0 Å². The van der Waals surface area contributed by atoms with Crippen molar-refractivity contribution in [3.63, 3.8) is 0 Å². The first-order valence-electron chi connectivity index (χ1n) is 8.95. The molecule has 7 heteroatoms. The first-order valence-corrected chi connectivity index (χ1v) is 8.95. The minimum absolute atomic E-state index is 0.133. The number of hydrogen-bond acceptors (Lipinski definition) is 6. The fourth-order valence-electron chi connectivity index (χ4n) is 3.52. The quantitative estimate of drug-likeness (QED) is 0.503. The van der Waals surface area contributed by atoms with Crippen LogP contribution in [0.1, 0.15) is 22.3 Å². The number of nitroso groups, excluding NO2 is 1. The monoisotopic (exact) mass is 378 g/mol. The van der Waals surface area contributed by atoms with E-state index in [2.05, 4.69) is 5.18 Å². The highest BCUT2D eigenvalue weighted by atomic mass is 16.6. The van der Waals surface area contributed by atoms with Crippen LogP contribution in [0.2, 0.25) is 0 Å². The lowest BCUT2D eigenvalue weighted by atomic mass is 9.96. The maximum atomic E-state index is 12.5. The van der Waals surface area contributed by atoms with Crippen LogP contribution in [0.5, 0.6) is 0 Å². The van der Waals surface area contributed by atoms with Crippen LogP contribution < -0.4 is 5.63 Å². The maximum absolute atomic E-state index is 12.5. The highest BCUT2D eigenvalue weighted by Crippen LogP contribution is 2.31. The summed E-state index contributed by atoms with van der Waals surface area (Å²) >= 11 is 0. The Balaban J connectivity index is 1.59. The van der Waals surface area contributed by atoms with Crippen LogP contribution in [0.3, 0.4) is 0 Å². The zero-order valence-electron chi connectivity index (χ0n) is 15.3. The summed E-state index contributed by atoms with van der Waals surface area (Å²) in [6, 6.07) is 12.8. The van der Waals surface area contributed by atoms with Gasteiger partial charge in [-0.2, -0.15) is 0 Å². The molecule has 1 amide bonds. The molecule has 0 radical (unpaired) electrons. The number of amides is 1. The van der Waals surface area contributed by atoms with Crippen LogP contribution in [-0.2, 0) is 24.3 Å². The Hall–Kier alpha value is -3.48. The number of rotatable bonds is 3. The Kier molecular flexibility index (Phi) is 4.65. The minimum atomic E-state index is -0.505. The van der Waals surface area contributed by atoms with E-state index < -0.39 is 11.7 Å². The van der Waals surface area contributed by atoms with Crippen molar-refractivity contribution in [3.05, 3.63) is 80.0 Å². The molecular weight excluding hydrogens is 360 g/mol. The molecule has 0 bridgehead atoms. The van der Waals surface area contributed by atoms with E-state index in [0.717, 1.165) is 16.5 Å². The van der Waals surface area contributed by atoms with Crippen LogP contribution in [-0.4, -0.2) is 17.5 Å². The molecule has 0 spiro atoms. The van der Waals surface area contributed by atoms with Gasteiger partial charge in [-0.1, -0.05) is 30.3 Å². The fourth-order valence-corrected chi connectivity index (χ4v) is 3.52. The molecule has 2 aromatic carbocycles. The fraction of sp³-hybridized carbons (Fsp3) is 0.238. The summed E-state index contributed by atoms with van der Waals surface area (Å²) < 4.78 is 10.8. The maximum Gasteiger partial charge on any atom is 0.410 e. The Morgan fingerprint density at radius 2 is 1.96 bits per heavy atom. The van der Waals surface area contributed by atoms with Crippen molar-refractivity contribution < 1.29 is 13.9 Å². The highest BCUT2D eigenvalue weighted by molar-refractivity contribution is 5.87. The molecule has 0 aliphatic carbocycles. The van der Waals surface area contributed by atoms with Crippen molar-refractivity contribution in [2.24, 2.45) is 5.18 Å². The summed E-state index contributed by atoms with van der Waals surface area (Å²) in [6.07, 6.45) is 0.0382. The third kappa shape index (κ3) is 3.15. The molecule has 28 heavy (non-hydrogen) atoms. The minimum Gasteiger partial charge on any atom is -0.445 e. The van der Waals surface area contributed by atoms with Gasteiger partial charge in [0.15, 0.2) is 0 Å². The first-order chi connectivity index (χ1) is 13.6. The van der Waals surface area contributed by atoms with Crippen molar-refractivity contribution in [2.75, 3.05) is 6.54 Å². The van der Waals surface area contributed by atoms with Crippen LogP contribution in [0.25, 0.3) is 11.0 Å². The van der Waals surface area contributed by atoms with Crippen LogP contribution in [0.4, 0.5) is 10.5 Å². The van der Waals surface area contributed by atoms with E-state index in [1.807, 2.05) is 30.3 Å². The van der Waals surface area contributed by atoms with Gasteiger partial charge in [0.25, 0.3) is 0 Å². The second-order valence-electron chi connectivity index (χ2n) is 6.74. The first kappa shape index (κ1) is 17.9. The second kappa shape index (κ2) is 7.26. The van der Waals surface area contributed by atoms with E-state index in [4.69, 9.17) is 9.15 Å². The van der Waals surface area contributed by atoms with Gasteiger partial charge >= 0.3 is 11.7 Å². The molecule has 3 aromatic rings. The predicted octanol–water partition coefficient (Wildman–Crippen LogP) is 4.19. The summed E-state index contributed by atoms with van der Waals surface area (Å²) in [5.74, 6) is 0. The molecule has 1 aliphatic rings. The molecule has 2 heterocycles. The van der Waals surface area contributed by atoms with Crippen LogP contribution in [0, 0.1) is 11.8 Å². The zero-order chi connectivity index (χ0) is 19.7. The van der Waals surface area contributed by atoms with Gasteiger partial charge in [-0.3, -0.25) is 0 Å². The predicted molar refractivity (Wildman–Crippen MR) is 103 cm³/mol. The van der Waals surface area contributed by atoms with E-state index in [9.17, 15) is 14.5 Å². The number of carbonyl (C=O) groups is 1. The van der Waals surface area contributed by atoms with Gasteiger partial charge in [0, 0.05) is 17.5 Å². The van der Waals surface area contributed by atoms with Gasteiger partial charge in [-0.05, 0) is 41.8 Å². The number of carbonyl (C=O) groups excluding carboxylic acids is 1. The van der Waals surface area contributed by atoms with Crippen molar-refractivity contribution in [1.29, 1.82) is 0 Å². The normalized spacial score (nSPS) is 13.2. The third-order valence-electron chi connectivity index (χ3n) is 5.05. The molecule has 7 nitrogen and oxygen atoms in total. The number of fused-ring (bicyclic) bond motifs is 3. The molecule has 4 rings (SSSR count). The number of hydrogen-bond donors (Lipinski definition) is 0. The van der Waals surface area contributed by atoms with Gasteiger partial charge in [0.1, 0.15) is 17.9 Å². The van der Waals surface area contributed by atoms with Crippen molar-refractivity contribution in [2.45, 2.75) is 26.5 Å². The molecule has 0 saturated carbocycles. The van der Waals surface area contributed by atoms with Gasteiger partial charge in [0.2, 0.25) is 0 Å². The molecule has 0 fully saturated rings. The Morgan fingerprint density at radius 1 is 1.18 bits per heavy atom. The SMILES string of the molecule is Cc1c(N=O)ccc2c3c(c(=O)oc12)CN(C(=O)OCc1ccccc1)CC3. The summed E-state index contributed by atoms with van der Waals surface area (Å²) in [5.41, 5.74) is 2.85. The van der Waals surface area contributed by atoms with E-state index in [0.29, 0.717) is 29.7 Å². The largest absolute Gasteiger partial charge is 0.445 e. The summed E-state index contributed by atoms with van der Waals surface area (Å²) in [4.78, 5) is 37.3. The molecule has 0 unspecified atom stereocenters. The number of ether oxygens (including phenoxy) is 1. The smallest absolute Gasteiger partial charge is 0.410 e. The van der Waals surface area contributed by atoms with Crippen molar-refractivity contribution >= 4 is 22.7 Å². The molecule has 142 valence electrons. The molecule has 0 atom stereocenters. The van der Waals surface area contributed by atoms with Gasteiger partial charge in [-0.25, -0.2) is 9.59 Å². The average molecular weight is 378 g/mol. The van der Waals surface area contributed by atoms with E-state index in [1.54, 1.807) is 19.1 Å². The van der Waals surface area contributed by atoms with Gasteiger partial charge in [0.05, 0.1) is 12.1 Å². The van der Waals surface area contributed by atoms with Crippen LogP contribution >= 0.6 is 0 Å². The number of aryl methyl sites for hydroxylation is 1. The Morgan fingerprint density at radius 3 is 2.71 bits per heavy atom. The van der Waals surface area contributed by atoms with Crippen molar-refractivity contribution in [1.82, 2.24) is 4.90 Å². The molecule has 1 aromatic heterocycles. The topological polar surface area (TPSA) is 89.2 Å². The number of benzene rings is 2. The standard InChI is InChI=1S/C21H18N2O5/c1-13-18(22-26)8-7-16-15-9-10-23(11-17(15)20(24)28-19(13)16)21(25)27-12-14-5-3-2-4-6-14/h2-8H,9-12H2,1H3. The Labute approximate surface area is 160 Å². The Bertz CT molecular complexity index is 1120. The lowest BCUT2D eigenvalue weighted by Crippen LogP contribution is -2.38. The van der Waals surface area contributed by atoms with E-state index in [1.165, 1.54) is 4.90 Å². The lowest BCUT2D eigenvalue weighted by Gasteiger charge is -2.28. The van der Waals surface area contributed by atoms with E-state index in [-0.39, 0.29) is 18.8 Å². The zero-order valence-corrected chi connectivity index (χ0v) is 15.3. The summed E-state index contributed by atoms with van der Waals surface area (Å²) in [6.45, 7) is 2.44. The van der Waals surface area contributed by atoms with Gasteiger partial charge in [-0.15, -0.1) is 4.91 Å². The summed E-state index contributed by atoms with van der Waals surface area (Å²) in [7, 11) is 0. The lowest BCUT2D eigenvalue weighted by molar-refractivity contribution is 0.0915. The van der Waals surface area contributed by atoms with Crippen LogP contribution in [0.15, 0.2) is 56.9 Å². The van der Waals surface area contributed by atoms with Gasteiger partial charge < -0.3 is 14.1 Å².